The van der Waals surface area contributed by atoms with Gasteiger partial charge in [0.2, 0.25) is 0 Å². The van der Waals surface area contributed by atoms with Crippen molar-refractivity contribution in [2.75, 3.05) is 25.0 Å². The quantitative estimate of drug-likeness (QED) is 0.913. The van der Waals surface area contributed by atoms with Crippen molar-refractivity contribution in [3.05, 3.63) is 41.6 Å². The average molecular weight is 298 g/mol. The lowest BCUT2D eigenvalue weighted by molar-refractivity contribution is 0.244. The summed E-state index contributed by atoms with van der Waals surface area (Å²) in [5.74, 6) is 2.76. The topological polar surface area (TPSA) is 51.1 Å². The molecule has 116 valence electrons. The number of hydrogen-bond acceptors (Lipinski definition) is 4. The number of nitrogens with zero attached hydrogens (tertiary/aromatic N) is 2. The van der Waals surface area contributed by atoms with Crippen molar-refractivity contribution in [3.8, 4) is 5.75 Å². The molecule has 0 bridgehead atoms. The highest BCUT2D eigenvalue weighted by Gasteiger charge is 2.24. The molecule has 0 unspecified atom stereocenters. The molecular weight excluding hydrogens is 276 g/mol. The molecule has 0 aliphatic carbocycles. The van der Waals surface area contributed by atoms with Crippen molar-refractivity contribution < 1.29 is 4.74 Å². The fourth-order valence-corrected chi connectivity index (χ4v) is 3.43. The maximum atomic E-state index is 5.85. The monoisotopic (exact) mass is 298 g/mol. The van der Waals surface area contributed by atoms with Gasteiger partial charge in [0.25, 0.3) is 0 Å². The first-order valence-corrected chi connectivity index (χ1v) is 8.02. The van der Waals surface area contributed by atoms with E-state index in [1.54, 1.807) is 0 Å². The number of rotatable bonds is 3. The molecule has 0 fully saturated rings. The van der Waals surface area contributed by atoms with Gasteiger partial charge in [-0.2, -0.15) is 5.10 Å². The Morgan fingerprint density at radius 2 is 2.36 bits per heavy atom. The van der Waals surface area contributed by atoms with E-state index in [1.165, 1.54) is 11.1 Å². The van der Waals surface area contributed by atoms with Crippen LogP contribution in [0.4, 0.5) is 5.82 Å². The molecule has 0 radical (unpaired) electrons. The molecule has 0 saturated carbocycles. The minimum atomic E-state index is 0.391. The van der Waals surface area contributed by atoms with Crippen LogP contribution in [0.25, 0.3) is 0 Å². The van der Waals surface area contributed by atoms with E-state index in [4.69, 9.17) is 4.74 Å². The number of hydrogen-bond donors (Lipinski definition) is 2. The summed E-state index contributed by atoms with van der Waals surface area (Å²) in [6.07, 6.45) is 2.89. The Balaban J connectivity index is 1.42. The van der Waals surface area contributed by atoms with Crippen molar-refractivity contribution in [1.29, 1.82) is 0 Å². The predicted molar refractivity (Wildman–Crippen MR) is 86.2 cm³/mol. The number of para-hydroxylation sites is 1. The molecule has 3 heterocycles. The Morgan fingerprint density at radius 3 is 3.32 bits per heavy atom. The largest absolute Gasteiger partial charge is 0.493 e. The molecule has 4 rings (SSSR count). The summed E-state index contributed by atoms with van der Waals surface area (Å²) in [6.45, 7) is 5.88. The SMILES string of the molecule is Cc1cccc2c1OCC[C@@H]2NC[C@H]1CNc2ccnn2C1. The van der Waals surface area contributed by atoms with Crippen LogP contribution in [0.5, 0.6) is 5.75 Å². The Morgan fingerprint density at radius 1 is 1.41 bits per heavy atom. The highest BCUT2D eigenvalue weighted by atomic mass is 16.5. The standard InChI is InChI=1S/C17H22N4O/c1-12-3-2-4-14-15(6-8-22-17(12)14)18-9-13-10-19-16-5-7-20-21(16)11-13/h2-5,7,13,15,18-19H,6,8-11H2,1H3/t13-,15-/m0/s1. The van der Waals surface area contributed by atoms with Crippen molar-refractivity contribution in [2.24, 2.45) is 5.92 Å². The van der Waals surface area contributed by atoms with Crippen LogP contribution >= 0.6 is 0 Å². The number of benzene rings is 1. The first-order chi connectivity index (χ1) is 10.8. The third-order valence-corrected chi connectivity index (χ3v) is 4.64. The van der Waals surface area contributed by atoms with Crippen molar-refractivity contribution >= 4 is 5.82 Å². The molecule has 2 aromatic rings. The first-order valence-electron chi connectivity index (χ1n) is 8.02. The van der Waals surface area contributed by atoms with Gasteiger partial charge in [0.15, 0.2) is 0 Å². The second-order valence-corrected chi connectivity index (χ2v) is 6.24. The van der Waals surface area contributed by atoms with Gasteiger partial charge >= 0.3 is 0 Å². The van der Waals surface area contributed by atoms with Crippen LogP contribution in [-0.4, -0.2) is 29.5 Å². The molecule has 5 heteroatoms. The van der Waals surface area contributed by atoms with E-state index in [-0.39, 0.29) is 0 Å². The number of aromatic nitrogens is 2. The van der Waals surface area contributed by atoms with Gasteiger partial charge in [-0.15, -0.1) is 0 Å². The van der Waals surface area contributed by atoms with E-state index in [9.17, 15) is 0 Å². The second kappa shape index (κ2) is 5.65. The predicted octanol–water partition coefficient (Wildman–Crippen LogP) is 2.35. The van der Waals surface area contributed by atoms with E-state index in [0.717, 1.165) is 44.2 Å². The number of ether oxygens (including phenoxy) is 1. The van der Waals surface area contributed by atoms with Crippen molar-refractivity contribution in [1.82, 2.24) is 15.1 Å². The van der Waals surface area contributed by atoms with Crippen LogP contribution in [0.1, 0.15) is 23.6 Å². The zero-order chi connectivity index (χ0) is 14.9. The lowest BCUT2D eigenvalue weighted by Crippen LogP contribution is -2.38. The third kappa shape index (κ3) is 2.46. The molecule has 1 aromatic heterocycles. The van der Waals surface area contributed by atoms with E-state index in [1.807, 2.05) is 12.3 Å². The van der Waals surface area contributed by atoms with Gasteiger partial charge in [0.05, 0.1) is 12.8 Å². The fourth-order valence-electron chi connectivity index (χ4n) is 3.43. The van der Waals surface area contributed by atoms with Crippen LogP contribution in [0.3, 0.4) is 0 Å². The van der Waals surface area contributed by atoms with Gasteiger partial charge in [-0.25, -0.2) is 4.68 Å². The summed E-state index contributed by atoms with van der Waals surface area (Å²) < 4.78 is 7.90. The fraction of sp³-hybridized carbons (Fsp3) is 0.471. The van der Waals surface area contributed by atoms with Gasteiger partial charge in [0.1, 0.15) is 11.6 Å². The van der Waals surface area contributed by atoms with Gasteiger partial charge in [-0.3, -0.25) is 0 Å². The van der Waals surface area contributed by atoms with Crippen LogP contribution in [0.15, 0.2) is 30.5 Å². The molecule has 0 saturated heterocycles. The second-order valence-electron chi connectivity index (χ2n) is 6.24. The Hall–Kier alpha value is -2.01. The summed E-state index contributed by atoms with van der Waals surface area (Å²) in [5, 5.41) is 11.5. The normalized spacial score (nSPS) is 23.1. The smallest absolute Gasteiger partial charge is 0.126 e. The van der Waals surface area contributed by atoms with Gasteiger partial charge < -0.3 is 15.4 Å². The van der Waals surface area contributed by atoms with Crippen LogP contribution < -0.4 is 15.4 Å². The van der Waals surface area contributed by atoms with Gasteiger partial charge in [-0.05, 0) is 12.5 Å². The van der Waals surface area contributed by atoms with Gasteiger partial charge in [0, 0.05) is 49.6 Å². The summed E-state index contributed by atoms with van der Waals surface area (Å²) >= 11 is 0. The molecule has 5 nitrogen and oxygen atoms in total. The van der Waals surface area contributed by atoms with Crippen LogP contribution in [0.2, 0.25) is 0 Å². The zero-order valence-electron chi connectivity index (χ0n) is 12.9. The molecule has 2 atom stereocenters. The minimum absolute atomic E-state index is 0.391. The summed E-state index contributed by atoms with van der Waals surface area (Å²) in [6, 6.07) is 8.84. The minimum Gasteiger partial charge on any atom is -0.493 e. The number of fused-ring (bicyclic) bond motifs is 2. The highest BCUT2D eigenvalue weighted by Crippen LogP contribution is 2.34. The van der Waals surface area contributed by atoms with Crippen molar-refractivity contribution in [2.45, 2.75) is 25.9 Å². The molecule has 2 aliphatic rings. The van der Waals surface area contributed by atoms with Gasteiger partial charge in [-0.1, -0.05) is 18.2 Å². The zero-order valence-corrected chi connectivity index (χ0v) is 12.9. The summed E-state index contributed by atoms with van der Waals surface area (Å²) in [5.41, 5.74) is 2.53. The molecule has 22 heavy (non-hydrogen) atoms. The Labute approximate surface area is 130 Å². The number of nitrogens with one attached hydrogen (secondary N) is 2. The molecule has 0 spiro atoms. The molecular formula is C17H22N4O. The summed E-state index contributed by atoms with van der Waals surface area (Å²) in [4.78, 5) is 0. The third-order valence-electron chi connectivity index (χ3n) is 4.64. The average Bonchev–Trinajstić information content (AvgIpc) is 3.01. The van der Waals surface area contributed by atoms with Crippen molar-refractivity contribution in [3.63, 3.8) is 0 Å². The van der Waals surface area contributed by atoms with Crippen LogP contribution in [0, 0.1) is 12.8 Å². The van der Waals surface area contributed by atoms with E-state index in [2.05, 4.69) is 45.5 Å². The molecule has 2 aliphatic heterocycles. The molecule has 0 amide bonds. The van der Waals surface area contributed by atoms with Crippen LogP contribution in [-0.2, 0) is 6.54 Å². The number of aryl methyl sites for hydroxylation is 1. The Kier molecular flexibility index (Phi) is 3.50. The van der Waals surface area contributed by atoms with E-state index in [0.29, 0.717) is 12.0 Å². The lowest BCUT2D eigenvalue weighted by atomic mass is 9.97. The Bertz CT molecular complexity index is 666. The van der Waals surface area contributed by atoms with E-state index < -0.39 is 0 Å². The first kappa shape index (κ1) is 13.6. The molecule has 1 aromatic carbocycles. The number of anilines is 1. The lowest BCUT2D eigenvalue weighted by Gasteiger charge is -2.31. The maximum Gasteiger partial charge on any atom is 0.126 e. The maximum absolute atomic E-state index is 5.85. The highest BCUT2D eigenvalue weighted by molar-refractivity contribution is 5.43. The summed E-state index contributed by atoms with van der Waals surface area (Å²) in [7, 11) is 0. The molecule has 2 N–H and O–H groups in total. The van der Waals surface area contributed by atoms with E-state index >= 15 is 0 Å².